The lowest BCUT2D eigenvalue weighted by Crippen LogP contribution is -2.44. The van der Waals surface area contributed by atoms with Crippen molar-refractivity contribution in [1.29, 1.82) is 0 Å². The number of rotatable bonds is 9. The third kappa shape index (κ3) is 6.81. The first-order valence-corrected chi connectivity index (χ1v) is 9.34. The van der Waals surface area contributed by atoms with E-state index < -0.39 is 67.4 Å². The van der Waals surface area contributed by atoms with Crippen LogP contribution in [0.3, 0.4) is 0 Å². The minimum atomic E-state index is -1.17. The maximum absolute atomic E-state index is 11.8. The van der Waals surface area contributed by atoms with Gasteiger partial charge < -0.3 is 34.1 Å². The molecule has 0 bridgehead atoms. The highest BCUT2D eigenvalue weighted by molar-refractivity contribution is 5.87. The average molecular weight is 441 g/mol. The first kappa shape index (κ1) is 23.9. The Kier molecular flexibility index (Phi) is 8.14. The SMILES string of the molecule is CC(=O)O[C@@H]1[C@H](OC(C)=O)C(COC(=O)CCC(=O)O)O[C@H]1N1C=CCC(C(=O)O)=C1. The third-order valence-electron chi connectivity index (χ3n) is 4.33. The Morgan fingerprint density at radius 2 is 1.71 bits per heavy atom. The first-order chi connectivity index (χ1) is 14.6. The number of carbonyl (C=O) groups excluding carboxylic acids is 3. The minimum absolute atomic E-state index is 0.0558. The standard InChI is InChI=1S/C19H23NO11/c1-10(21)29-16-13(9-28-15(25)6-5-14(23)24)31-18(17(16)30-11(2)22)20-7-3-4-12(8-20)19(26)27/h3,7-8,13,16-18H,4-6,9H2,1-2H3,(H,23,24)(H,26,27)/t13?,16-,17-,18-/m1/s1. The number of allylic oxidation sites excluding steroid dienone is 1. The van der Waals surface area contributed by atoms with Crippen molar-refractivity contribution in [2.75, 3.05) is 6.61 Å². The van der Waals surface area contributed by atoms with Gasteiger partial charge in [0.05, 0.1) is 18.4 Å². The second kappa shape index (κ2) is 10.6. The summed E-state index contributed by atoms with van der Waals surface area (Å²) in [5.41, 5.74) is 0.0558. The Balaban J connectivity index is 2.23. The van der Waals surface area contributed by atoms with Gasteiger partial charge in [-0.3, -0.25) is 19.2 Å². The van der Waals surface area contributed by atoms with Gasteiger partial charge in [0, 0.05) is 32.7 Å². The van der Waals surface area contributed by atoms with Crippen LogP contribution in [0.5, 0.6) is 0 Å². The van der Waals surface area contributed by atoms with Gasteiger partial charge in [0.15, 0.2) is 18.4 Å². The van der Waals surface area contributed by atoms with Gasteiger partial charge in [-0.25, -0.2) is 4.79 Å². The zero-order valence-corrected chi connectivity index (χ0v) is 16.9. The van der Waals surface area contributed by atoms with Crippen LogP contribution in [0.25, 0.3) is 0 Å². The molecule has 1 saturated heterocycles. The molecule has 2 aliphatic rings. The molecular weight excluding hydrogens is 418 g/mol. The number of carboxylic acids is 2. The summed E-state index contributed by atoms with van der Waals surface area (Å²) in [7, 11) is 0. The molecule has 1 unspecified atom stereocenters. The van der Waals surface area contributed by atoms with Crippen LogP contribution < -0.4 is 0 Å². The molecule has 2 heterocycles. The molecule has 4 atom stereocenters. The molecule has 0 aromatic carbocycles. The molecule has 0 radical (unpaired) electrons. The maximum atomic E-state index is 11.8. The molecule has 12 nitrogen and oxygen atoms in total. The van der Waals surface area contributed by atoms with Crippen molar-refractivity contribution in [3.05, 3.63) is 24.0 Å². The van der Waals surface area contributed by atoms with Gasteiger partial charge in [0.1, 0.15) is 12.7 Å². The predicted molar refractivity (Wildman–Crippen MR) is 98.9 cm³/mol. The number of ether oxygens (including phenoxy) is 4. The van der Waals surface area contributed by atoms with E-state index in [-0.39, 0.29) is 18.4 Å². The average Bonchev–Trinajstić information content (AvgIpc) is 3.01. The van der Waals surface area contributed by atoms with Crippen LogP contribution in [-0.2, 0) is 42.9 Å². The van der Waals surface area contributed by atoms with E-state index in [1.807, 2.05) is 0 Å². The Bertz CT molecular complexity index is 803. The van der Waals surface area contributed by atoms with Crippen molar-refractivity contribution >= 4 is 29.8 Å². The van der Waals surface area contributed by atoms with Gasteiger partial charge in [-0.1, -0.05) is 6.08 Å². The van der Waals surface area contributed by atoms with E-state index in [2.05, 4.69) is 0 Å². The zero-order chi connectivity index (χ0) is 23.1. The highest BCUT2D eigenvalue weighted by atomic mass is 16.7. The summed E-state index contributed by atoms with van der Waals surface area (Å²) < 4.78 is 21.4. The molecule has 1 fully saturated rings. The maximum Gasteiger partial charge on any atom is 0.333 e. The van der Waals surface area contributed by atoms with E-state index in [4.69, 9.17) is 24.1 Å². The Labute approximate surface area is 177 Å². The van der Waals surface area contributed by atoms with Gasteiger partial charge >= 0.3 is 29.8 Å². The normalized spacial score (nSPS) is 24.8. The van der Waals surface area contributed by atoms with Crippen molar-refractivity contribution < 1.29 is 53.1 Å². The van der Waals surface area contributed by atoms with E-state index in [0.29, 0.717) is 0 Å². The number of carbonyl (C=O) groups is 5. The van der Waals surface area contributed by atoms with Crippen LogP contribution in [0, 0.1) is 0 Å². The van der Waals surface area contributed by atoms with E-state index in [0.717, 1.165) is 13.8 Å². The van der Waals surface area contributed by atoms with Crippen molar-refractivity contribution in [2.24, 2.45) is 0 Å². The van der Waals surface area contributed by atoms with Gasteiger partial charge in [0.2, 0.25) is 0 Å². The number of hydrogen-bond acceptors (Lipinski definition) is 10. The number of aliphatic carboxylic acids is 2. The summed E-state index contributed by atoms with van der Waals surface area (Å²) in [4.78, 5) is 58.3. The molecule has 0 saturated carbocycles. The largest absolute Gasteiger partial charge is 0.481 e. The van der Waals surface area contributed by atoms with Crippen LogP contribution >= 0.6 is 0 Å². The van der Waals surface area contributed by atoms with Crippen LogP contribution in [0.4, 0.5) is 0 Å². The lowest BCUT2D eigenvalue weighted by molar-refractivity contribution is -0.167. The number of hydrogen-bond donors (Lipinski definition) is 2. The molecule has 12 heteroatoms. The summed E-state index contributed by atoms with van der Waals surface area (Å²) in [5.74, 6) is -4.51. The summed E-state index contributed by atoms with van der Waals surface area (Å²) in [5, 5.41) is 17.9. The summed E-state index contributed by atoms with van der Waals surface area (Å²) in [6.07, 6.45) is -0.643. The number of carboxylic acid groups (broad SMARTS) is 2. The molecule has 2 N–H and O–H groups in total. The molecule has 0 amide bonds. The van der Waals surface area contributed by atoms with Crippen molar-refractivity contribution in [2.45, 2.75) is 57.6 Å². The summed E-state index contributed by atoms with van der Waals surface area (Å²) in [6, 6.07) is 0. The Hall–Kier alpha value is -3.41. The minimum Gasteiger partial charge on any atom is -0.481 e. The molecule has 2 aliphatic heterocycles. The molecule has 0 spiro atoms. The first-order valence-electron chi connectivity index (χ1n) is 9.34. The topological polar surface area (TPSA) is 166 Å². The molecule has 0 aliphatic carbocycles. The van der Waals surface area contributed by atoms with Crippen LogP contribution in [0.1, 0.15) is 33.1 Å². The van der Waals surface area contributed by atoms with Crippen LogP contribution in [0.15, 0.2) is 24.0 Å². The third-order valence-corrected chi connectivity index (χ3v) is 4.33. The number of nitrogens with zero attached hydrogens (tertiary/aromatic N) is 1. The molecular formula is C19H23NO11. The molecule has 0 aromatic rings. The van der Waals surface area contributed by atoms with Gasteiger partial charge in [-0.2, -0.15) is 0 Å². The molecule has 31 heavy (non-hydrogen) atoms. The Morgan fingerprint density at radius 3 is 2.29 bits per heavy atom. The highest BCUT2D eigenvalue weighted by Gasteiger charge is 2.51. The van der Waals surface area contributed by atoms with E-state index >= 15 is 0 Å². The Morgan fingerprint density at radius 1 is 1.06 bits per heavy atom. The van der Waals surface area contributed by atoms with Crippen molar-refractivity contribution in [3.8, 4) is 0 Å². The van der Waals surface area contributed by atoms with E-state index in [1.54, 1.807) is 6.08 Å². The van der Waals surface area contributed by atoms with E-state index in [9.17, 15) is 29.1 Å². The van der Waals surface area contributed by atoms with Gasteiger partial charge in [0.25, 0.3) is 0 Å². The van der Waals surface area contributed by atoms with Crippen LogP contribution in [0.2, 0.25) is 0 Å². The lowest BCUT2D eigenvalue weighted by Gasteiger charge is -2.30. The zero-order valence-electron chi connectivity index (χ0n) is 16.9. The second-order valence-electron chi connectivity index (χ2n) is 6.79. The molecule has 170 valence electrons. The fourth-order valence-electron chi connectivity index (χ4n) is 3.07. The molecule has 0 aromatic heterocycles. The summed E-state index contributed by atoms with van der Waals surface area (Å²) >= 11 is 0. The highest BCUT2D eigenvalue weighted by Crippen LogP contribution is 2.32. The lowest BCUT2D eigenvalue weighted by atomic mass is 10.1. The van der Waals surface area contributed by atoms with Crippen LogP contribution in [-0.4, -0.2) is 76.1 Å². The van der Waals surface area contributed by atoms with E-state index in [1.165, 1.54) is 17.3 Å². The quantitative estimate of drug-likeness (QED) is 0.368. The monoisotopic (exact) mass is 441 g/mol. The smallest absolute Gasteiger partial charge is 0.333 e. The van der Waals surface area contributed by atoms with Crippen molar-refractivity contribution in [3.63, 3.8) is 0 Å². The summed E-state index contributed by atoms with van der Waals surface area (Å²) in [6.45, 7) is 1.88. The van der Waals surface area contributed by atoms with Gasteiger partial charge in [-0.05, 0) is 0 Å². The molecule has 2 rings (SSSR count). The van der Waals surface area contributed by atoms with Crippen molar-refractivity contribution in [1.82, 2.24) is 4.90 Å². The number of esters is 3. The second-order valence-corrected chi connectivity index (χ2v) is 6.79. The fraction of sp³-hybridized carbons (Fsp3) is 0.526. The fourth-order valence-corrected chi connectivity index (χ4v) is 3.07. The van der Waals surface area contributed by atoms with Gasteiger partial charge in [-0.15, -0.1) is 0 Å². The predicted octanol–water partition coefficient (Wildman–Crippen LogP) is 0.171.